The number of thiazole rings is 1. The van der Waals surface area contributed by atoms with Gasteiger partial charge < -0.3 is 4.74 Å². The van der Waals surface area contributed by atoms with Crippen LogP contribution in [0.4, 0.5) is 0 Å². The number of Topliss-reactive ketones (excluding diaryl/α,β-unsaturated/α-hetero) is 1. The Hall–Kier alpha value is -2.52. The molecule has 3 atom stereocenters. The average molecular weight is 370 g/mol. The van der Waals surface area contributed by atoms with E-state index < -0.39 is 30.2 Å². The quantitative estimate of drug-likeness (QED) is 0.656. The van der Waals surface area contributed by atoms with Gasteiger partial charge in [-0.15, -0.1) is 11.3 Å². The Morgan fingerprint density at radius 2 is 2.00 bits per heavy atom. The third-order valence-corrected chi connectivity index (χ3v) is 5.34. The first-order valence-corrected chi connectivity index (χ1v) is 9.41. The van der Waals surface area contributed by atoms with E-state index >= 15 is 0 Å². The Kier molecular flexibility index (Phi) is 7.05. The predicted octanol–water partition coefficient (Wildman–Crippen LogP) is 4.00. The minimum absolute atomic E-state index is 0.0772. The number of nitrogens with zero attached hydrogens (tertiary/aromatic N) is 2. The maximum absolute atomic E-state index is 12.6. The van der Waals surface area contributed by atoms with Gasteiger partial charge in [0.05, 0.1) is 12.0 Å². The van der Waals surface area contributed by atoms with Crippen LogP contribution in [0.2, 0.25) is 0 Å². The van der Waals surface area contributed by atoms with Gasteiger partial charge in [-0.3, -0.25) is 9.59 Å². The number of aryl methyl sites for hydroxylation is 1. The summed E-state index contributed by atoms with van der Waals surface area (Å²) < 4.78 is 5.29. The first kappa shape index (κ1) is 19.8. The molecule has 6 heteroatoms. The average Bonchev–Trinajstić information content (AvgIpc) is 3.07. The number of hydrogen-bond donors (Lipinski definition) is 0. The third kappa shape index (κ3) is 4.77. The van der Waals surface area contributed by atoms with Crippen LogP contribution in [0.15, 0.2) is 35.7 Å². The smallest absolute Gasteiger partial charge is 0.314 e. The number of hydrogen-bond acceptors (Lipinski definition) is 6. The predicted molar refractivity (Wildman–Crippen MR) is 99.8 cm³/mol. The second-order valence-corrected chi connectivity index (χ2v) is 7.13. The van der Waals surface area contributed by atoms with Crippen molar-refractivity contribution in [2.75, 3.05) is 6.61 Å². The first-order chi connectivity index (χ1) is 12.5. The van der Waals surface area contributed by atoms with Crippen molar-refractivity contribution in [3.05, 3.63) is 52.0 Å². The fourth-order valence-corrected chi connectivity index (χ4v) is 3.54. The lowest BCUT2D eigenvalue weighted by molar-refractivity contribution is -0.150. The summed E-state index contributed by atoms with van der Waals surface area (Å²) in [6.45, 7) is 5.37. The summed E-state index contributed by atoms with van der Waals surface area (Å²) in [6.07, 6.45) is 0.807. The van der Waals surface area contributed by atoms with Gasteiger partial charge in [0.15, 0.2) is 18.3 Å². The van der Waals surface area contributed by atoms with Crippen LogP contribution in [0.1, 0.15) is 48.4 Å². The molecular formula is C20H22N2O3S. The van der Waals surface area contributed by atoms with Crippen molar-refractivity contribution in [3.8, 4) is 6.07 Å². The summed E-state index contributed by atoms with van der Waals surface area (Å²) in [6, 6.07) is 11.4. The van der Waals surface area contributed by atoms with Crippen LogP contribution < -0.4 is 0 Å². The largest absolute Gasteiger partial charge is 0.457 e. The van der Waals surface area contributed by atoms with E-state index in [4.69, 9.17) is 4.74 Å². The topological polar surface area (TPSA) is 80.0 Å². The molecule has 0 bridgehead atoms. The molecule has 2 rings (SSSR count). The second kappa shape index (κ2) is 9.25. The number of carbonyl (C=O) groups excluding carboxylic acids is 2. The van der Waals surface area contributed by atoms with Crippen molar-refractivity contribution >= 4 is 23.1 Å². The number of aromatic nitrogens is 1. The van der Waals surface area contributed by atoms with Crippen molar-refractivity contribution in [1.82, 2.24) is 4.98 Å². The van der Waals surface area contributed by atoms with E-state index in [9.17, 15) is 14.9 Å². The molecule has 0 saturated carbocycles. The van der Waals surface area contributed by atoms with E-state index in [0.29, 0.717) is 5.01 Å². The molecule has 0 fully saturated rings. The van der Waals surface area contributed by atoms with Crippen molar-refractivity contribution in [1.29, 1.82) is 5.26 Å². The number of ether oxygens (including phenoxy) is 1. The summed E-state index contributed by atoms with van der Waals surface area (Å²) in [5, 5.41) is 11.5. The van der Waals surface area contributed by atoms with Crippen LogP contribution in [0, 0.1) is 24.2 Å². The van der Waals surface area contributed by atoms with Crippen LogP contribution in [-0.2, 0) is 14.3 Å². The molecular weight excluding hydrogens is 348 g/mol. The first-order valence-electron chi connectivity index (χ1n) is 8.53. The maximum Gasteiger partial charge on any atom is 0.314 e. The SMILES string of the molecule is CC[C@H](C)[C@H](C(=O)OCC(=O)[C@@H](C#N)c1nc(C)cs1)c1ccccc1. The number of esters is 1. The molecule has 0 N–H and O–H groups in total. The molecule has 5 nitrogen and oxygen atoms in total. The van der Waals surface area contributed by atoms with Gasteiger partial charge in [0.25, 0.3) is 0 Å². The molecule has 0 spiro atoms. The van der Waals surface area contributed by atoms with Gasteiger partial charge in [0, 0.05) is 11.1 Å². The molecule has 0 aliphatic heterocycles. The minimum Gasteiger partial charge on any atom is -0.457 e. The molecule has 1 aromatic carbocycles. The van der Waals surface area contributed by atoms with Gasteiger partial charge >= 0.3 is 5.97 Å². The van der Waals surface area contributed by atoms with Crippen LogP contribution in [0.5, 0.6) is 0 Å². The standard InChI is InChI=1S/C20H22N2O3S/c1-4-13(2)18(15-8-6-5-7-9-15)20(24)25-11-17(23)16(10-21)19-22-14(3)12-26-19/h5-9,12-13,16,18H,4,11H2,1-3H3/t13-,16+,18-/m0/s1. The van der Waals surface area contributed by atoms with E-state index in [0.717, 1.165) is 17.7 Å². The van der Waals surface area contributed by atoms with E-state index in [1.165, 1.54) is 11.3 Å². The van der Waals surface area contributed by atoms with Gasteiger partial charge in [-0.25, -0.2) is 4.98 Å². The van der Waals surface area contributed by atoms with Gasteiger partial charge in [-0.2, -0.15) is 5.26 Å². The Bertz CT molecular complexity index is 795. The highest BCUT2D eigenvalue weighted by atomic mass is 32.1. The van der Waals surface area contributed by atoms with Gasteiger partial charge in [-0.1, -0.05) is 50.6 Å². The lowest BCUT2D eigenvalue weighted by atomic mass is 9.85. The van der Waals surface area contributed by atoms with Crippen molar-refractivity contribution in [2.45, 2.75) is 39.0 Å². The molecule has 1 aromatic heterocycles. The van der Waals surface area contributed by atoms with Gasteiger partial charge in [0.1, 0.15) is 5.01 Å². The number of benzene rings is 1. The van der Waals surface area contributed by atoms with Gasteiger partial charge in [-0.05, 0) is 18.4 Å². The Morgan fingerprint density at radius 3 is 2.54 bits per heavy atom. The molecule has 0 radical (unpaired) electrons. The van der Waals surface area contributed by atoms with Crippen molar-refractivity contribution < 1.29 is 14.3 Å². The summed E-state index contributed by atoms with van der Waals surface area (Å²) in [4.78, 5) is 29.2. The molecule has 0 aliphatic carbocycles. The highest BCUT2D eigenvalue weighted by Crippen LogP contribution is 2.28. The summed E-state index contributed by atoms with van der Waals surface area (Å²) >= 11 is 1.26. The normalized spacial score (nSPS) is 14.1. The molecule has 0 aliphatic rings. The molecule has 26 heavy (non-hydrogen) atoms. The highest BCUT2D eigenvalue weighted by molar-refractivity contribution is 7.09. The molecule has 136 valence electrons. The molecule has 0 amide bonds. The molecule has 1 heterocycles. The maximum atomic E-state index is 12.6. The lowest BCUT2D eigenvalue weighted by Crippen LogP contribution is -2.26. The van der Waals surface area contributed by atoms with E-state index in [-0.39, 0.29) is 5.92 Å². The van der Waals surface area contributed by atoms with Crippen LogP contribution in [0.3, 0.4) is 0 Å². The summed E-state index contributed by atoms with van der Waals surface area (Å²) in [5.41, 5.74) is 1.63. The fourth-order valence-electron chi connectivity index (χ4n) is 2.68. The number of ketones is 1. The number of carbonyl (C=O) groups is 2. The van der Waals surface area contributed by atoms with E-state index in [1.807, 2.05) is 50.2 Å². The fraction of sp³-hybridized carbons (Fsp3) is 0.400. The summed E-state index contributed by atoms with van der Waals surface area (Å²) in [5.74, 6) is -2.25. The Labute approximate surface area is 157 Å². The molecule has 0 saturated heterocycles. The third-order valence-electron chi connectivity index (χ3n) is 4.32. The minimum atomic E-state index is -1.000. The van der Waals surface area contributed by atoms with Crippen LogP contribution >= 0.6 is 11.3 Å². The van der Waals surface area contributed by atoms with Crippen molar-refractivity contribution in [3.63, 3.8) is 0 Å². The molecule has 0 unspecified atom stereocenters. The number of nitriles is 1. The Balaban J connectivity index is 2.07. The van der Waals surface area contributed by atoms with E-state index in [1.54, 1.807) is 12.3 Å². The second-order valence-electron chi connectivity index (χ2n) is 6.24. The van der Waals surface area contributed by atoms with Crippen LogP contribution in [0.25, 0.3) is 0 Å². The number of rotatable bonds is 8. The molecule has 2 aromatic rings. The monoisotopic (exact) mass is 370 g/mol. The zero-order valence-electron chi connectivity index (χ0n) is 15.1. The Morgan fingerprint density at radius 1 is 1.31 bits per heavy atom. The zero-order chi connectivity index (χ0) is 19.1. The summed E-state index contributed by atoms with van der Waals surface area (Å²) in [7, 11) is 0. The van der Waals surface area contributed by atoms with Gasteiger partial charge in [0.2, 0.25) is 0 Å². The van der Waals surface area contributed by atoms with Crippen LogP contribution in [-0.4, -0.2) is 23.3 Å². The lowest BCUT2D eigenvalue weighted by Gasteiger charge is -2.22. The highest BCUT2D eigenvalue weighted by Gasteiger charge is 2.30. The zero-order valence-corrected chi connectivity index (χ0v) is 16.0. The van der Waals surface area contributed by atoms with Crippen molar-refractivity contribution in [2.24, 2.45) is 5.92 Å². The van der Waals surface area contributed by atoms with E-state index in [2.05, 4.69) is 4.98 Å².